The highest BCUT2D eigenvalue weighted by molar-refractivity contribution is 5.90. The predicted octanol–water partition coefficient (Wildman–Crippen LogP) is 2.86. The summed E-state index contributed by atoms with van der Waals surface area (Å²) in [5.74, 6) is 0.654. The number of amides is 1. The van der Waals surface area contributed by atoms with Gasteiger partial charge in [-0.3, -0.25) is 4.79 Å². The summed E-state index contributed by atoms with van der Waals surface area (Å²) in [6.07, 6.45) is 2.58. The number of aromatic nitrogens is 1. The van der Waals surface area contributed by atoms with Crippen LogP contribution in [0.15, 0.2) is 36.5 Å². The normalized spacial score (nSPS) is 14.3. The molecule has 7 nitrogen and oxygen atoms in total. The molecule has 7 heteroatoms. The highest BCUT2D eigenvalue weighted by Crippen LogP contribution is 2.34. The zero-order valence-electron chi connectivity index (χ0n) is 16.4. The van der Waals surface area contributed by atoms with Crippen LogP contribution < -0.4 is 14.8 Å². The van der Waals surface area contributed by atoms with E-state index in [9.17, 15) is 9.59 Å². The number of esters is 1. The molecule has 1 amide bonds. The summed E-state index contributed by atoms with van der Waals surface area (Å²) in [5, 5.41) is 2.95. The fourth-order valence-corrected chi connectivity index (χ4v) is 3.10. The first-order chi connectivity index (χ1) is 13.5. The first-order valence-corrected chi connectivity index (χ1v) is 9.43. The van der Waals surface area contributed by atoms with Crippen LogP contribution >= 0.6 is 0 Å². The Hall–Kier alpha value is -2.96. The summed E-state index contributed by atoms with van der Waals surface area (Å²) < 4.78 is 18.2. The molecule has 0 spiro atoms. The lowest BCUT2D eigenvalue weighted by molar-refractivity contribution is -0.125. The van der Waals surface area contributed by atoms with E-state index < -0.39 is 5.97 Å². The van der Waals surface area contributed by atoms with Crippen molar-refractivity contribution in [1.29, 1.82) is 0 Å². The number of hydrogen-bond acceptors (Lipinski definition) is 5. The minimum Gasteiger partial charge on any atom is -0.490 e. The van der Waals surface area contributed by atoms with Crippen LogP contribution in [0.3, 0.4) is 0 Å². The van der Waals surface area contributed by atoms with Crippen molar-refractivity contribution in [3.8, 4) is 11.5 Å². The minimum absolute atomic E-state index is 0.136. The molecule has 0 saturated carbocycles. The van der Waals surface area contributed by atoms with Crippen molar-refractivity contribution in [2.75, 3.05) is 19.8 Å². The van der Waals surface area contributed by atoms with Crippen LogP contribution in [0.4, 0.5) is 0 Å². The summed E-state index contributed by atoms with van der Waals surface area (Å²) in [4.78, 5) is 24.4. The van der Waals surface area contributed by atoms with Crippen molar-refractivity contribution in [3.63, 3.8) is 0 Å². The standard InChI is InChI=1S/C21H26N2O5/c1-14(2)20(15-7-8-17-18(12-15)27-11-5-10-26-17)22-19(24)13-28-21(25)16-6-4-9-23(16)3/h4,6-9,12,14,20H,5,10-11,13H2,1-3H3,(H,22,24)/t20-/m1/s1. The number of nitrogens with one attached hydrogen (secondary N) is 1. The Bertz CT molecular complexity index is 843. The first-order valence-electron chi connectivity index (χ1n) is 9.43. The van der Waals surface area contributed by atoms with Crippen LogP contribution in [0.25, 0.3) is 0 Å². The molecule has 1 aromatic carbocycles. The number of carbonyl (C=O) groups is 2. The Labute approximate surface area is 164 Å². The second kappa shape index (κ2) is 8.82. The number of hydrogen-bond donors (Lipinski definition) is 1. The van der Waals surface area contributed by atoms with Crippen LogP contribution in [0.2, 0.25) is 0 Å². The van der Waals surface area contributed by atoms with E-state index in [1.54, 1.807) is 29.9 Å². The third-order valence-corrected chi connectivity index (χ3v) is 4.60. The van der Waals surface area contributed by atoms with Crippen LogP contribution in [-0.2, 0) is 16.6 Å². The molecule has 1 atom stereocenters. The summed E-state index contributed by atoms with van der Waals surface area (Å²) in [5.41, 5.74) is 1.32. The lowest BCUT2D eigenvalue weighted by Crippen LogP contribution is -2.35. The van der Waals surface area contributed by atoms with Gasteiger partial charge in [0.15, 0.2) is 18.1 Å². The molecule has 0 radical (unpaired) electrons. The molecule has 2 aromatic rings. The number of fused-ring (bicyclic) bond motifs is 1. The number of ether oxygens (including phenoxy) is 3. The third kappa shape index (κ3) is 4.65. The van der Waals surface area contributed by atoms with Gasteiger partial charge in [-0.1, -0.05) is 19.9 Å². The Balaban J connectivity index is 1.64. The maximum Gasteiger partial charge on any atom is 0.355 e. The molecular weight excluding hydrogens is 360 g/mol. The molecule has 2 heterocycles. The Morgan fingerprint density at radius 1 is 1.18 bits per heavy atom. The van der Waals surface area contributed by atoms with Gasteiger partial charge >= 0.3 is 5.97 Å². The van der Waals surface area contributed by atoms with Gasteiger partial charge in [-0.15, -0.1) is 0 Å². The van der Waals surface area contributed by atoms with Gasteiger partial charge in [0, 0.05) is 19.7 Å². The van der Waals surface area contributed by atoms with Crippen LogP contribution in [-0.4, -0.2) is 36.3 Å². The number of rotatable bonds is 6. The number of benzene rings is 1. The Morgan fingerprint density at radius 2 is 1.93 bits per heavy atom. The molecule has 150 valence electrons. The topological polar surface area (TPSA) is 78.8 Å². The number of nitrogens with zero attached hydrogens (tertiary/aromatic N) is 1. The average molecular weight is 386 g/mol. The first kappa shape index (κ1) is 19.8. The summed E-state index contributed by atoms with van der Waals surface area (Å²) in [6.45, 7) is 4.93. The van der Waals surface area contributed by atoms with Crippen molar-refractivity contribution in [1.82, 2.24) is 9.88 Å². The summed E-state index contributed by atoms with van der Waals surface area (Å²) in [6, 6.07) is 8.85. The Morgan fingerprint density at radius 3 is 2.61 bits per heavy atom. The molecule has 0 aliphatic carbocycles. The smallest absolute Gasteiger partial charge is 0.355 e. The van der Waals surface area contributed by atoms with Gasteiger partial charge in [0.2, 0.25) is 0 Å². The second-order valence-corrected chi connectivity index (χ2v) is 7.13. The quantitative estimate of drug-likeness (QED) is 0.773. The van der Waals surface area contributed by atoms with Crippen LogP contribution in [0.1, 0.15) is 42.4 Å². The largest absolute Gasteiger partial charge is 0.490 e. The molecule has 1 aliphatic rings. The van der Waals surface area contributed by atoms with Gasteiger partial charge in [-0.25, -0.2) is 4.79 Å². The predicted molar refractivity (Wildman–Crippen MR) is 103 cm³/mol. The average Bonchev–Trinajstić information content (AvgIpc) is 2.96. The van der Waals surface area contributed by atoms with Crippen molar-refractivity contribution in [3.05, 3.63) is 47.8 Å². The van der Waals surface area contributed by atoms with Crippen molar-refractivity contribution < 1.29 is 23.8 Å². The van der Waals surface area contributed by atoms with Gasteiger partial charge in [-0.2, -0.15) is 0 Å². The second-order valence-electron chi connectivity index (χ2n) is 7.13. The SMILES string of the molecule is CC(C)[C@@H](NC(=O)COC(=O)c1cccn1C)c1ccc2c(c1)OCCCO2. The van der Waals surface area contributed by atoms with E-state index in [1.165, 1.54) is 0 Å². The minimum atomic E-state index is -0.528. The lowest BCUT2D eigenvalue weighted by atomic mass is 9.95. The van der Waals surface area contributed by atoms with Gasteiger partial charge in [0.1, 0.15) is 5.69 Å². The third-order valence-electron chi connectivity index (χ3n) is 4.60. The highest BCUT2D eigenvalue weighted by atomic mass is 16.5. The molecule has 3 rings (SSSR count). The van der Waals surface area contributed by atoms with Gasteiger partial charge in [0.05, 0.1) is 19.3 Å². The highest BCUT2D eigenvalue weighted by Gasteiger charge is 2.22. The molecule has 0 saturated heterocycles. The molecule has 28 heavy (non-hydrogen) atoms. The van der Waals surface area contributed by atoms with Crippen LogP contribution in [0.5, 0.6) is 11.5 Å². The molecule has 0 unspecified atom stereocenters. The molecule has 1 aromatic heterocycles. The zero-order chi connectivity index (χ0) is 20.1. The fourth-order valence-electron chi connectivity index (χ4n) is 3.10. The summed E-state index contributed by atoms with van der Waals surface area (Å²) in [7, 11) is 1.75. The van der Waals surface area contributed by atoms with Crippen molar-refractivity contribution in [2.45, 2.75) is 26.3 Å². The van der Waals surface area contributed by atoms with Gasteiger partial charge in [0.25, 0.3) is 5.91 Å². The van der Waals surface area contributed by atoms with E-state index in [2.05, 4.69) is 5.32 Å². The maximum absolute atomic E-state index is 12.4. The van der Waals surface area contributed by atoms with Gasteiger partial charge in [-0.05, 0) is 35.7 Å². The van der Waals surface area contributed by atoms with E-state index in [0.717, 1.165) is 12.0 Å². The maximum atomic E-state index is 12.4. The van der Waals surface area contributed by atoms with Crippen LogP contribution in [0, 0.1) is 5.92 Å². The Kier molecular flexibility index (Phi) is 6.23. The van der Waals surface area contributed by atoms with E-state index in [0.29, 0.717) is 30.4 Å². The fraction of sp³-hybridized carbons (Fsp3) is 0.429. The van der Waals surface area contributed by atoms with E-state index in [1.807, 2.05) is 32.0 Å². The monoisotopic (exact) mass is 386 g/mol. The molecule has 1 N–H and O–H groups in total. The van der Waals surface area contributed by atoms with Crippen molar-refractivity contribution >= 4 is 11.9 Å². The van der Waals surface area contributed by atoms with E-state index in [4.69, 9.17) is 14.2 Å². The molecule has 0 fully saturated rings. The zero-order valence-corrected chi connectivity index (χ0v) is 16.4. The lowest BCUT2D eigenvalue weighted by Gasteiger charge is -2.23. The van der Waals surface area contributed by atoms with Crippen molar-refractivity contribution in [2.24, 2.45) is 13.0 Å². The van der Waals surface area contributed by atoms with Gasteiger partial charge < -0.3 is 24.1 Å². The number of carbonyl (C=O) groups excluding carboxylic acids is 2. The number of aryl methyl sites for hydroxylation is 1. The summed E-state index contributed by atoms with van der Waals surface area (Å²) >= 11 is 0. The molecule has 1 aliphatic heterocycles. The molecular formula is C21H26N2O5. The van der Waals surface area contributed by atoms with E-state index in [-0.39, 0.29) is 24.5 Å². The molecule has 0 bridgehead atoms. The van der Waals surface area contributed by atoms with E-state index >= 15 is 0 Å².